The number of rotatable bonds is 10. The van der Waals surface area contributed by atoms with Crippen molar-refractivity contribution in [1.29, 1.82) is 0 Å². The van der Waals surface area contributed by atoms with E-state index in [0.29, 0.717) is 16.3 Å². The van der Waals surface area contributed by atoms with Crippen molar-refractivity contribution >= 4 is 38.7 Å². The Balaban J connectivity index is 1.66. The van der Waals surface area contributed by atoms with E-state index >= 15 is 0 Å². The van der Waals surface area contributed by atoms with Crippen molar-refractivity contribution in [1.82, 2.24) is 0 Å². The first-order chi connectivity index (χ1) is 15.8. The van der Waals surface area contributed by atoms with Crippen molar-refractivity contribution in [3.8, 4) is 16.2 Å². The van der Waals surface area contributed by atoms with Gasteiger partial charge in [-0.05, 0) is 49.2 Å². The fourth-order valence-corrected chi connectivity index (χ4v) is 5.44. The van der Waals surface area contributed by atoms with Crippen molar-refractivity contribution < 1.29 is 27.5 Å². The van der Waals surface area contributed by atoms with Crippen molar-refractivity contribution in [2.45, 2.75) is 24.7 Å². The SMILES string of the molecule is CCOC(=O)c1sc(-c2ccccc2)cc1NC(=O)CCCS(=O)(=O)c1ccc(OC)cc1. The predicted octanol–water partition coefficient (Wildman–Crippen LogP) is 4.79. The summed E-state index contributed by atoms with van der Waals surface area (Å²) in [7, 11) is -2.02. The summed E-state index contributed by atoms with van der Waals surface area (Å²) in [5.74, 6) is -0.488. The van der Waals surface area contributed by atoms with Crippen LogP contribution in [0.25, 0.3) is 10.4 Å². The van der Waals surface area contributed by atoms with Gasteiger partial charge in [0, 0.05) is 11.3 Å². The molecule has 0 aliphatic rings. The molecule has 1 aromatic heterocycles. The zero-order valence-electron chi connectivity index (χ0n) is 18.4. The molecular weight excluding hydrogens is 462 g/mol. The van der Waals surface area contributed by atoms with Gasteiger partial charge >= 0.3 is 5.97 Å². The fourth-order valence-electron chi connectivity index (χ4n) is 3.11. The number of carbonyl (C=O) groups is 2. The Morgan fingerprint density at radius 1 is 1.03 bits per heavy atom. The van der Waals surface area contributed by atoms with Gasteiger partial charge in [-0.2, -0.15) is 0 Å². The molecule has 0 spiro atoms. The van der Waals surface area contributed by atoms with Crippen LogP contribution in [-0.4, -0.2) is 39.8 Å². The third-order valence-electron chi connectivity index (χ3n) is 4.76. The van der Waals surface area contributed by atoms with Gasteiger partial charge in [0.1, 0.15) is 10.6 Å². The Bertz CT molecular complexity index is 1200. The molecule has 3 rings (SSSR count). The van der Waals surface area contributed by atoms with Gasteiger partial charge < -0.3 is 14.8 Å². The summed E-state index contributed by atoms with van der Waals surface area (Å²) >= 11 is 1.24. The first-order valence-electron chi connectivity index (χ1n) is 10.4. The summed E-state index contributed by atoms with van der Waals surface area (Å²) in [5, 5.41) is 2.74. The highest BCUT2D eigenvalue weighted by atomic mass is 32.2. The van der Waals surface area contributed by atoms with E-state index in [1.165, 1.54) is 30.6 Å². The van der Waals surface area contributed by atoms with Crippen LogP contribution in [0.1, 0.15) is 29.4 Å². The first-order valence-corrected chi connectivity index (χ1v) is 12.8. The molecule has 0 saturated heterocycles. The van der Waals surface area contributed by atoms with Crippen molar-refractivity contribution in [3.63, 3.8) is 0 Å². The van der Waals surface area contributed by atoms with Crippen LogP contribution in [0.2, 0.25) is 0 Å². The highest BCUT2D eigenvalue weighted by Gasteiger charge is 2.21. The Hall–Kier alpha value is -3.17. The number of nitrogens with one attached hydrogen (secondary N) is 1. The average Bonchev–Trinajstić information content (AvgIpc) is 3.23. The van der Waals surface area contributed by atoms with Crippen molar-refractivity contribution in [3.05, 3.63) is 65.5 Å². The van der Waals surface area contributed by atoms with Crippen LogP contribution in [0.3, 0.4) is 0 Å². The number of hydrogen-bond donors (Lipinski definition) is 1. The van der Waals surface area contributed by atoms with Gasteiger partial charge in [-0.3, -0.25) is 4.79 Å². The lowest BCUT2D eigenvalue weighted by Crippen LogP contribution is -2.16. The Morgan fingerprint density at radius 2 is 1.73 bits per heavy atom. The van der Waals surface area contributed by atoms with Crippen LogP contribution in [-0.2, 0) is 19.4 Å². The monoisotopic (exact) mass is 487 g/mol. The molecule has 1 heterocycles. The quantitative estimate of drug-likeness (QED) is 0.413. The van der Waals surface area contributed by atoms with Crippen LogP contribution < -0.4 is 10.1 Å². The van der Waals surface area contributed by atoms with Crippen LogP contribution in [0.4, 0.5) is 5.69 Å². The van der Waals surface area contributed by atoms with Gasteiger partial charge in [-0.15, -0.1) is 11.3 Å². The van der Waals surface area contributed by atoms with Gasteiger partial charge in [-0.1, -0.05) is 30.3 Å². The Labute approximate surface area is 197 Å². The molecule has 0 aliphatic heterocycles. The van der Waals surface area contributed by atoms with E-state index < -0.39 is 15.8 Å². The molecule has 0 atom stereocenters. The molecule has 0 saturated carbocycles. The molecule has 0 bridgehead atoms. The molecule has 0 unspecified atom stereocenters. The molecule has 0 radical (unpaired) electrons. The van der Waals surface area contributed by atoms with Gasteiger partial charge in [-0.25, -0.2) is 13.2 Å². The largest absolute Gasteiger partial charge is 0.497 e. The lowest BCUT2D eigenvalue weighted by molar-refractivity contribution is -0.116. The van der Waals surface area contributed by atoms with E-state index in [4.69, 9.17) is 9.47 Å². The molecule has 9 heteroatoms. The second kappa shape index (κ2) is 11.1. The molecule has 0 fully saturated rings. The van der Waals surface area contributed by atoms with Crippen LogP contribution in [0.15, 0.2) is 65.6 Å². The summed E-state index contributed by atoms with van der Waals surface area (Å²) in [6.07, 6.45) is 0.138. The highest BCUT2D eigenvalue weighted by molar-refractivity contribution is 7.91. The maximum atomic E-state index is 12.5. The summed E-state index contributed by atoms with van der Waals surface area (Å²) < 4.78 is 35.2. The Morgan fingerprint density at radius 3 is 2.36 bits per heavy atom. The van der Waals surface area contributed by atoms with E-state index in [-0.39, 0.29) is 36.0 Å². The number of carbonyl (C=O) groups excluding carboxylic acids is 2. The van der Waals surface area contributed by atoms with E-state index in [0.717, 1.165) is 10.4 Å². The normalized spacial score (nSPS) is 11.1. The summed E-state index contributed by atoms with van der Waals surface area (Å²) in [6.45, 7) is 1.93. The molecule has 3 aromatic rings. The number of methoxy groups -OCH3 is 1. The minimum Gasteiger partial charge on any atom is -0.497 e. The third-order valence-corrected chi connectivity index (χ3v) is 7.74. The van der Waals surface area contributed by atoms with Gasteiger partial charge in [0.25, 0.3) is 0 Å². The molecule has 33 heavy (non-hydrogen) atoms. The fraction of sp³-hybridized carbons (Fsp3) is 0.250. The van der Waals surface area contributed by atoms with E-state index in [1.54, 1.807) is 25.1 Å². The number of anilines is 1. The van der Waals surface area contributed by atoms with E-state index in [1.807, 2.05) is 30.3 Å². The summed E-state index contributed by atoms with van der Waals surface area (Å²) in [6, 6.07) is 17.4. The lowest BCUT2D eigenvalue weighted by Gasteiger charge is -2.07. The average molecular weight is 488 g/mol. The summed E-state index contributed by atoms with van der Waals surface area (Å²) in [5.41, 5.74) is 1.28. The van der Waals surface area contributed by atoms with Crippen molar-refractivity contribution in [2.75, 3.05) is 24.8 Å². The van der Waals surface area contributed by atoms with Crippen LogP contribution in [0, 0.1) is 0 Å². The molecule has 174 valence electrons. The third kappa shape index (κ3) is 6.43. The van der Waals surface area contributed by atoms with Gasteiger partial charge in [0.15, 0.2) is 9.84 Å². The number of sulfone groups is 1. The minimum absolute atomic E-state index is 0.00579. The standard InChI is InChI=1S/C24H25NO6S2/c1-3-31-24(27)23-20(16-21(32-23)17-8-5-4-6-9-17)25-22(26)10-7-15-33(28,29)19-13-11-18(30-2)12-14-19/h4-6,8-9,11-14,16H,3,7,10,15H2,1-2H3,(H,25,26). The molecule has 7 nitrogen and oxygen atoms in total. The Kier molecular flexibility index (Phi) is 8.24. The molecule has 1 N–H and O–H groups in total. The minimum atomic E-state index is -3.52. The zero-order valence-corrected chi connectivity index (χ0v) is 20.0. The topological polar surface area (TPSA) is 98.8 Å². The smallest absolute Gasteiger partial charge is 0.350 e. The van der Waals surface area contributed by atoms with Gasteiger partial charge in [0.05, 0.1) is 30.1 Å². The lowest BCUT2D eigenvalue weighted by atomic mass is 10.2. The number of thiophene rings is 1. The number of ether oxygens (including phenoxy) is 2. The van der Waals surface area contributed by atoms with Crippen molar-refractivity contribution in [2.24, 2.45) is 0 Å². The second-order valence-electron chi connectivity index (χ2n) is 7.09. The maximum absolute atomic E-state index is 12.5. The number of benzene rings is 2. The molecule has 0 aliphatic carbocycles. The first kappa shape index (κ1) is 24.5. The number of hydrogen-bond acceptors (Lipinski definition) is 7. The maximum Gasteiger partial charge on any atom is 0.350 e. The summed E-state index contributed by atoms with van der Waals surface area (Å²) in [4.78, 5) is 26.2. The highest BCUT2D eigenvalue weighted by Crippen LogP contribution is 2.35. The van der Waals surface area contributed by atoms with Gasteiger partial charge in [0.2, 0.25) is 5.91 Å². The van der Waals surface area contributed by atoms with E-state index in [2.05, 4.69) is 5.32 Å². The van der Waals surface area contributed by atoms with E-state index in [9.17, 15) is 18.0 Å². The van der Waals surface area contributed by atoms with Crippen LogP contribution >= 0.6 is 11.3 Å². The zero-order chi connectivity index (χ0) is 23.8. The number of amides is 1. The number of esters is 1. The predicted molar refractivity (Wildman–Crippen MR) is 129 cm³/mol. The second-order valence-corrected chi connectivity index (χ2v) is 10.2. The molecule has 1 amide bonds. The van der Waals surface area contributed by atoms with Crippen LogP contribution in [0.5, 0.6) is 5.75 Å². The molecule has 2 aromatic carbocycles. The molecular formula is C24H25NO6S2.